The number of hydrogen-bond donors (Lipinski definition) is 0. The van der Waals surface area contributed by atoms with E-state index in [1.54, 1.807) is 6.92 Å². The summed E-state index contributed by atoms with van der Waals surface area (Å²) >= 11 is 0. The highest BCUT2D eigenvalue weighted by molar-refractivity contribution is 6.10. The Morgan fingerprint density at radius 1 is 1.05 bits per heavy atom. The van der Waals surface area contributed by atoms with Crippen LogP contribution in [0, 0.1) is 0 Å². The van der Waals surface area contributed by atoms with Gasteiger partial charge in [-0.25, -0.2) is 0 Å². The number of benzene rings is 2. The lowest BCUT2D eigenvalue weighted by Gasteiger charge is -2.02. The van der Waals surface area contributed by atoms with Crippen molar-refractivity contribution in [3.63, 3.8) is 0 Å². The Morgan fingerprint density at radius 3 is 2.50 bits per heavy atom. The molecule has 112 valence electrons. The lowest BCUT2D eigenvalue weighted by atomic mass is 10.1. The Balaban J connectivity index is 2.21. The third-order valence-electron chi connectivity index (χ3n) is 4.05. The van der Waals surface area contributed by atoms with E-state index in [4.69, 9.17) is 4.74 Å². The van der Waals surface area contributed by atoms with Crippen molar-refractivity contribution >= 4 is 33.6 Å². The highest BCUT2D eigenvalue weighted by Gasteiger charge is 2.12. The number of aryl methyl sites for hydroxylation is 1. The summed E-state index contributed by atoms with van der Waals surface area (Å²) in [4.78, 5) is 23.0. The highest BCUT2D eigenvalue weighted by Crippen LogP contribution is 2.30. The first-order valence-electron chi connectivity index (χ1n) is 7.10. The second-order valence-electron chi connectivity index (χ2n) is 5.45. The molecule has 0 fully saturated rings. The van der Waals surface area contributed by atoms with E-state index in [1.165, 1.54) is 7.11 Å². The zero-order valence-electron chi connectivity index (χ0n) is 12.8. The molecule has 2 aromatic carbocycles. The van der Waals surface area contributed by atoms with Gasteiger partial charge in [-0.3, -0.25) is 9.59 Å². The molecule has 3 rings (SSSR count). The molecule has 0 atom stereocenters. The molecule has 0 aliphatic rings. The fraction of sp³-hybridized carbons (Fsp3) is 0.222. The predicted molar refractivity (Wildman–Crippen MR) is 86.1 cm³/mol. The Labute approximate surface area is 128 Å². The molecule has 0 aliphatic carbocycles. The molecule has 0 spiro atoms. The van der Waals surface area contributed by atoms with Gasteiger partial charge in [0.1, 0.15) is 0 Å². The first-order chi connectivity index (χ1) is 10.5. The zero-order valence-corrected chi connectivity index (χ0v) is 12.8. The molecule has 0 radical (unpaired) electrons. The number of esters is 1. The van der Waals surface area contributed by atoms with Crippen LogP contribution in [0.15, 0.2) is 36.4 Å². The molecule has 3 aromatic rings. The van der Waals surface area contributed by atoms with E-state index in [2.05, 4.69) is 4.57 Å². The van der Waals surface area contributed by atoms with Crippen molar-refractivity contribution in [2.45, 2.75) is 13.3 Å². The molecule has 0 unspecified atom stereocenters. The number of rotatable bonds is 3. The molecule has 0 N–H and O–H groups in total. The summed E-state index contributed by atoms with van der Waals surface area (Å²) in [6, 6.07) is 11.7. The van der Waals surface area contributed by atoms with Crippen molar-refractivity contribution in [2.75, 3.05) is 7.11 Å². The van der Waals surface area contributed by atoms with Gasteiger partial charge in [0.25, 0.3) is 0 Å². The van der Waals surface area contributed by atoms with E-state index in [1.807, 2.05) is 43.4 Å². The first-order valence-corrected chi connectivity index (χ1v) is 7.10. The summed E-state index contributed by atoms with van der Waals surface area (Å²) in [5, 5.41) is 2.13. The standard InChI is InChI=1S/C18H17NO3/c1-11(20)13-5-7-16-15(10-13)14-6-4-12(9-18(21)22-3)8-17(14)19(16)2/h4-8,10H,9H2,1-3H3. The lowest BCUT2D eigenvalue weighted by Crippen LogP contribution is -2.04. The number of ketones is 1. The smallest absolute Gasteiger partial charge is 0.309 e. The van der Waals surface area contributed by atoms with Crippen molar-refractivity contribution in [2.24, 2.45) is 7.05 Å². The van der Waals surface area contributed by atoms with Gasteiger partial charge in [0, 0.05) is 34.4 Å². The topological polar surface area (TPSA) is 48.3 Å². The molecule has 0 saturated heterocycles. The molecular weight excluding hydrogens is 278 g/mol. The van der Waals surface area contributed by atoms with Gasteiger partial charge in [0.15, 0.2) is 5.78 Å². The van der Waals surface area contributed by atoms with Crippen LogP contribution in [0.5, 0.6) is 0 Å². The van der Waals surface area contributed by atoms with Crippen molar-refractivity contribution < 1.29 is 14.3 Å². The van der Waals surface area contributed by atoms with Gasteiger partial charge in [0.2, 0.25) is 0 Å². The lowest BCUT2D eigenvalue weighted by molar-refractivity contribution is -0.139. The van der Waals surface area contributed by atoms with Crippen LogP contribution < -0.4 is 0 Å². The van der Waals surface area contributed by atoms with Gasteiger partial charge in [-0.05, 0) is 36.8 Å². The summed E-state index contributed by atoms with van der Waals surface area (Å²) < 4.78 is 6.79. The summed E-state index contributed by atoms with van der Waals surface area (Å²) in [5.74, 6) is -0.196. The van der Waals surface area contributed by atoms with E-state index in [-0.39, 0.29) is 18.2 Å². The predicted octanol–water partition coefficient (Wildman–Crippen LogP) is 3.25. The number of carbonyl (C=O) groups excluding carboxylic acids is 2. The van der Waals surface area contributed by atoms with Gasteiger partial charge in [0.05, 0.1) is 13.5 Å². The van der Waals surface area contributed by atoms with Crippen LogP contribution in [0.1, 0.15) is 22.8 Å². The van der Waals surface area contributed by atoms with E-state index < -0.39 is 0 Å². The van der Waals surface area contributed by atoms with Crippen LogP contribution >= 0.6 is 0 Å². The Hall–Kier alpha value is -2.62. The average Bonchev–Trinajstić information content (AvgIpc) is 2.79. The van der Waals surface area contributed by atoms with E-state index in [0.29, 0.717) is 5.56 Å². The minimum Gasteiger partial charge on any atom is -0.469 e. The monoisotopic (exact) mass is 295 g/mol. The average molecular weight is 295 g/mol. The fourth-order valence-electron chi connectivity index (χ4n) is 2.82. The third kappa shape index (κ3) is 2.26. The maximum atomic E-state index is 11.6. The summed E-state index contributed by atoms with van der Waals surface area (Å²) in [5.41, 5.74) is 3.73. The molecule has 4 heteroatoms. The Morgan fingerprint density at radius 2 is 1.82 bits per heavy atom. The zero-order chi connectivity index (χ0) is 15.9. The molecule has 0 aliphatic heterocycles. The van der Waals surface area contributed by atoms with Crippen LogP contribution in [0.3, 0.4) is 0 Å². The van der Waals surface area contributed by atoms with Gasteiger partial charge >= 0.3 is 5.97 Å². The molecule has 4 nitrogen and oxygen atoms in total. The largest absolute Gasteiger partial charge is 0.469 e. The van der Waals surface area contributed by atoms with Gasteiger partial charge in [-0.15, -0.1) is 0 Å². The summed E-state index contributed by atoms with van der Waals surface area (Å²) in [6.07, 6.45) is 0.257. The highest BCUT2D eigenvalue weighted by atomic mass is 16.5. The van der Waals surface area contributed by atoms with Crippen LogP contribution in [-0.2, 0) is 23.0 Å². The number of Topliss-reactive ketones (excluding diaryl/α,β-unsaturated/α-hetero) is 1. The first kappa shape index (κ1) is 14.3. The number of nitrogens with zero attached hydrogens (tertiary/aromatic N) is 1. The molecule has 22 heavy (non-hydrogen) atoms. The second kappa shape index (κ2) is 5.30. The number of hydrogen-bond acceptors (Lipinski definition) is 3. The molecule has 1 aromatic heterocycles. The maximum Gasteiger partial charge on any atom is 0.309 e. The molecule has 0 saturated carbocycles. The normalized spacial score (nSPS) is 11.0. The van der Waals surface area contributed by atoms with Crippen molar-refractivity contribution in [1.82, 2.24) is 4.57 Å². The van der Waals surface area contributed by atoms with Gasteiger partial charge < -0.3 is 9.30 Å². The van der Waals surface area contributed by atoms with E-state index in [9.17, 15) is 9.59 Å². The van der Waals surface area contributed by atoms with E-state index in [0.717, 1.165) is 27.4 Å². The minimum absolute atomic E-state index is 0.0567. The minimum atomic E-state index is -0.253. The molecule has 1 heterocycles. The summed E-state index contributed by atoms with van der Waals surface area (Å²) in [6.45, 7) is 1.57. The van der Waals surface area contributed by atoms with Crippen LogP contribution in [0.2, 0.25) is 0 Å². The second-order valence-corrected chi connectivity index (χ2v) is 5.45. The number of ether oxygens (including phenoxy) is 1. The van der Waals surface area contributed by atoms with Gasteiger partial charge in [-0.2, -0.15) is 0 Å². The van der Waals surface area contributed by atoms with Gasteiger partial charge in [-0.1, -0.05) is 12.1 Å². The third-order valence-corrected chi connectivity index (χ3v) is 4.05. The number of aromatic nitrogens is 1. The van der Waals surface area contributed by atoms with Crippen LogP contribution in [0.25, 0.3) is 21.8 Å². The number of fused-ring (bicyclic) bond motifs is 3. The molecule has 0 bridgehead atoms. The fourth-order valence-corrected chi connectivity index (χ4v) is 2.82. The Bertz CT molecular complexity index is 905. The van der Waals surface area contributed by atoms with E-state index >= 15 is 0 Å². The van der Waals surface area contributed by atoms with Crippen molar-refractivity contribution in [1.29, 1.82) is 0 Å². The van der Waals surface area contributed by atoms with Crippen molar-refractivity contribution in [3.8, 4) is 0 Å². The maximum absolute atomic E-state index is 11.6. The summed E-state index contributed by atoms with van der Waals surface area (Å²) in [7, 11) is 3.38. The number of methoxy groups -OCH3 is 1. The molecular formula is C18H17NO3. The molecule has 0 amide bonds. The number of carbonyl (C=O) groups is 2. The SMILES string of the molecule is COC(=O)Cc1ccc2c3cc(C(C)=O)ccc3n(C)c2c1. The van der Waals surface area contributed by atoms with Crippen LogP contribution in [-0.4, -0.2) is 23.4 Å². The van der Waals surface area contributed by atoms with Crippen molar-refractivity contribution in [3.05, 3.63) is 47.5 Å². The van der Waals surface area contributed by atoms with Crippen LogP contribution in [0.4, 0.5) is 0 Å². The Kier molecular flexibility index (Phi) is 3.45. The quantitative estimate of drug-likeness (QED) is 0.550.